The zero-order valence-corrected chi connectivity index (χ0v) is 18.7. The van der Waals surface area contributed by atoms with Gasteiger partial charge >= 0.3 is 0 Å². The number of sulfonamides is 1. The summed E-state index contributed by atoms with van der Waals surface area (Å²) in [6.45, 7) is 0.678. The number of piperidine rings is 1. The minimum Gasteiger partial charge on any atom is -0.345 e. The van der Waals surface area contributed by atoms with Gasteiger partial charge in [-0.25, -0.2) is 12.7 Å². The number of amides is 1. The van der Waals surface area contributed by atoms with Crippen LogP contribution in [0, 0.1) is 5.92 Å². The van der Waals surface area contributed by atoms with Gasteiger partial charge in [0.2, 0.25) is 15.9 Å². The first-order valence-corrected chi connectivity index (χ1v) is 12.6. The van der Waals surface area contributed by atoms with E-state index in [2.05, 4.69) is 5.32 Å². The van der Waals surface area contributed by atoms with Crippen molar-refractivity contribution in [1.82, 2.24) is 9.62 Å². The zero-order chi connectivity index (χ0) is 22.4. The molecule has 4 rings (SSSR count). The second kappa shape index (κ2) is 10.1. The van der Waals surface area contributed by atoms with Crippen LogP contribution in [0.3, 0.4) is 0 Å². The average molecular weight is 449 g/mol. The quantitative estimate of drug-likeness (QED) is 0.591. The Morgan fingerprint density at radius 2 is 1.41 bits per heavy atom. The summed E-state index contributed by atoms with van der Waals surface area (Å²) in [7, 11) is -3.48. The molecular weight excluding hydrogens is 420 g/mol. The number of nitrogens with zero attached hydrogens (tertiary/aromatic N) is 1. The number of carbonyl (C=O) groups is 1. The molecule has 1 aliphatic heterocycles. The Balaban J connectivity index is 1.48. The summed E-state index contributed by atoms with van der Waals surface area (Å²) in [4.78, 5) is 13.3. The van der Waals surface area contributed by atoms with Gasteiger partial charge in [0.05, 0.1) is 17.7 Å². The predicted molar refractivity (Wildman–Crippen MR) is 126 cm³/mol. The number of carbonyl (C=O) groups excluding carboxylic acids is 1. The second-order valence-electron chi connectivity index (χ2n) is 8.20. The highest BCUT2D eigenvalue weighted by Gasteiger charge is 2.33. The number of rotatable bonds is 7. The van der Waals surface area contributed by atoms with Crippen molar-refractivity contribution >= 4 is 15.9 Å². The van der Waals surface area contributed by atoms with E-state index in [0.717, 1.165) is 16.7 Å². The Morgan fingerprint density at radius 1 is 0.875 bits per heavy atom. The Hall–Kier alpha value is -2.96. The monoisotopic (exact) mass is 448 g/mol. The minimum absolute atomic E-state index is 0.0428. The maximum absolute atomic E-state index is 13.3. The van der Waals surface area contributed by atoms with Gasteiger partial charge in [-0.2, -0.15) is 0 Å². The van der Waals surface area contributed by atoms with Crippen molar-refractivity contribution in [2.24, 2.45) is 5.92 Å². The Morgan fingerprint density at radius 3 is 1.97 bits per heavy atom. The lowest BCUT2D eigenvalue weighted by Crippen LogP contribution is -2.46. The summed E-state index contributed by atoms with van der Waals surface area (Å²) in [5.41, 5.74) is 2.75. The maximum Gasteiger partial charge on any atom is 0.225 e. The molecule has 1 amide bonds. The first kappa shape index (κ1) is 22.2. The molecule has 1 N–H and O–H groups in total. The van der Waals surface area contributed by atoms with E-state index < -0.39 is 10.0 Å². The van der Waals surface area contributed by atoms with E-state index in [1.54, 1.807) is 0 Å². The van der Waals surface area contributed by atoms with Crippen LogP contribution in [0.5, 0.6) is 0 Å². The fourth-order valence-electron chi connectivity index (χ4n) is 4.20. The summed E-state index contributed by atoms with van der Waals surface area (Å²) >= 11 is 0. The van der Waals surface area contributed by atoms with Gasteiger partial charge in [0.25, 0.3) is 0 Å². The second-order valence-corrected chi connectivity index (χ2v) is 10.2. The fraction of sp³-hybridized carbons (Fsp3) is 0.269. The summed E-state index contributed by atoms with van der Waals surface area (Å²) < 4.78 is 27.4. The topological polar surface area (TPSA) is 66.5 Å². The first-order valence-electron chi connectivity index (χ1n) is 10.9. The molecule has 0 aromatic heterocycles. The van der Waals surface area contributed by atoms with Gasteiger partial charge in [-0.3, -0.25) is 4.79 Å². The zero-order valence-electron chi connectivity index (χ0n) is 17.9. The van der Waals surface area contributed by atoms with E-state index in [1.807, 2.05) is 91.0 Å². The van der Waals surface area contributed by atoms with E-state index in [0.29, 0.717) is 19.4 Å². The van der Waals surface area contributed by atoms with Crippen LogP contribution in [0.1, 0.15) is 35.6 Å². The van der Waals surface area contributed by atoms with Crippen molar-refractivity contribution < 1.29 is 13.2 Å². The lowest BCUT2D eigenvalue weighted by molar-refractivity contribution is -0.126. The largest absolute Gasteiger partial charge is 0.345 e. The van der Waals surface area contributed by atoms with E-state index in [1.165, 1.54) is 4.31 Å². The fourth-order valence-corrected chi connectivity index (χ4v) is 5.81. The molecule has 0 aliphatic carbocycles. The molecule has 1 fully saturated rings. The third-order valence-electron chi connectivity index (χ3n) is 5.89. The smallest absolute Gasteiger partial charge is 0.225 e. The molecule has 32 heavy (non-hydrogen) atoms. The van der Waals surface area contributed by atoms with E-state index in [4.69, 9.17) is 0 Å². The Kier molecular flexibility index (Phi) is 7.02. The van der Waals surface area contributed by atoms with Crippen LogP contribution < -0.4 is 5.32 Å². The SMILES string of the molecule is O=C(NC(c1ccccc1)c1ccccc1)C1CCCN(S(=O)(=O)Cc2ccccc2)C1. The normalized spacial score (nSPS) is 17.2. The summed E-state index contributed by atoms with van der Waals surface area (Å²) in [5, 5.41) is 3.18. The number of nitrogens with one attached hydrogen (secondary N) is 1. The number of hydrogen-bond donors (Lipinski definition) is 1. The highest BCUT2D eigenvalue weighted by molar-refractivity contribution is 7.88. The van der Waals surface area contributed by atoms with Crippen molar-refractivity contribution in [3.8, 4) is 0 Å². The van der Waals surface area contributed by atoms with E-state index in [-0.39, 0.29) is 30.2 Å². The highest BCUT2D eigenvalue weighted by atomic mass is 32.2. The van der Waals surface area contributed by atoms with Gasteiger partial charge in [0, 0.05) is 13.1 Å². The van der Waals surface area contributed by atoms with Crippen LogP contribution in [0.25, 0.3) is 0 Å². The van der Waals surface area contributed by atoms with Gasteiger partial charge in [-0.1, -0.05) is 91.0 Å². The molecule has 3 aromatic carbocycles. The van der Waals surface area contributed by atoms with Gasteiger partial charge in [0.15, 0.2) is 0 Å². The number of benzene rings is 3. The van der Waals surface area contributed by atoms with Gasteiger partial charge in [-0.15, -0.1) is 0 Å². The molecule has 0 saturated carbocycles. The van der Waals surface area contributed by atoms with Crippen LogP contribution in [0.4, 0.5) is 0 Å². The van der Waals surface area contributed by atoms with Crippen molar-refractivity contribution in [1.29, 1.82) is 0 Å². The molecule has 1 atom stereocenters. The molecule has 1 saturated heterocycles. The van der Waals surface area contributed by atoms with Crippen LogP contribution in [0.15, 0.2) is 91.0 Å². The molecule has 5 nitrogen and oxygen atoms in total. The summed E-state index contributed by atoms with van der Waals surface area (Å²) in [5.74, 6) is -0.523. The van der Waals surface area contributed by atoms with E-state index >= 15 is 0 Å². The van der Waals surface area contributed by atoms with Crippen molar-refractivity contribution in [2.75, 3.05) is 13.1 Å². The highest BCUT2D eigenvalue weighted by Crippen LogP contribution is 2.25. The third kappa shape index (κ3) is 5.44. The molecule has 0 spiro atoms. The maximum atomic E-state index is 13.3. The lowest BCUT2D eigenvalue weighted by Gasteiger charge is -2.32. The van der Waals surface area contributed by atoms with E-state index in [9.17, 15) is 13.2 Å². The first-order chi connectivity index (χ1) is 15.5. The summed E-state index contributed by atoms with van der Waals surface area (Å²) in [6, 6.07) is 28.6. The van der Waals surface area contributed by atoms with Crippen molar-refractivity contribution in [2.45, 2.75) is 24.6 Å². The molecule has 0 radical (unpaired) electrons. The van der Waals surface area contributed by atoms with Gasteiger partial charge in [0.1, 0.15) is 0 Å². The number of hydrogen-bond acceptors (Lipinski definition) is 3. The molecule has 6 heteroatoms. The molecular formula is C26H28N2O3S. The molecule has 1 unspecified atom stereocenters. The molecule has 3 aromatic rings. The minimum atomic E-state index is -3.48. The average Bonchev–Trinajstić information content (AvgIpc) is 2.84. The van der Waals surface area contributed by atoms with Crippen LogP contribution in [0.2, 0.25) is 0 Å². The molecule has 1 aliphatic rings. The standard InChI is InChI=1S/C26H28N2O3S/c29-26(27-25(22-13-6-2-7-14-22)23-15-8-3-9-16-23)24-17-10-18-28(19-24)32(30,31)20-21-11-4-1-5-12-21/h1-9,11-16,24-25H,10,17-20H2,(H,27,29). The van der Waals surface area contributed by atoms with Gasteiger partial charge < -0.3 is 5.32 Å². The summed E-state index contributed by atoms with van der Waals surface area (Å²) in [6.07, 6.45) is 1.35. The Labute approximate surface area is 190 Å². The van der Waals surface area contributed by atoms with Crippen molar-refractivity contribution in [3.63, 3.8) is 0 Å². The predicted octanol–water partition coefficient (Wildman–Crippen LogP) is 4.13. The third-order valence-corrected chi connectivity index (χ3v) is 7.71. The molecule has 1 heterocycles. The van der Waals surface area contributed by atoms with Gasteiger partial charge in [-0.05, 0) is 29.5 Å². The molecule has 0 bridgehead atoms. The Bertz CT molecular complexity index is 1080. The van der Waals surface area contributed by atoms with Crippen LogP contribution in [-0.4, -0.2) is 31.7 Å². The molecule has 166 valence electrons. The van der Waals surface area contributed by atoms with Crippen LogP contribution in [-0.2, 0) is 20.6 Å². The van der Waals surface area contributed by atoms with Crippen LogP contribution >= 0.6 is 0 Å². The lowest BCUT2D eigenvalue weighted by atomic mass is 9.95. The van der Waals surface area contributed by atoms with Crippen molar-refractivity contribution in [3.05, 3.63) is 108 Å².